The smallest absolute Gasteiger partial charge is 0.328 e. The summed E-state index contributed by atoms with van der Waals surface area (Å²) in [7, 11) is 0. The van der Waals surface area contributed by atoms with E-state index in [0.717, 1.165) is 59.2 Å². The number of alkyl halides is 1. The van der Waals surface area contributed by atoms with Crippen LogP contribution in [-0.4, -0.2) is 106 Å². The van der Waals surface area contributed by atoms with Crippen molar-refractivity contribution in [2.75, 3.05) is 57.3 Å². The second-order valence-electron chi connectivity index (χ2n) is 17.3. The second kappa shape index (κ2) is 17.6. The lowest BCUT2D eigenvalue weighted by atomic mass is 9.91. The van der Waals surface area contributed by atoms with Gasteiger partial charge in [0.05, 0.1) is 34.3 Å². The Labute approximate surface area is 366 Å². The number of urea groups is 1. The Balaban J connectivity index is 0.850. The van der Waals surface area contributed by atoms with Gasteiger partial charge >= 0.3 is 6.03 Å². The fourth-order valence-corrected chi connectivity index (χ4v) is 9.70. The number of aryl methyl sites for hydroxylation is 2. The van der Waals surface area contributed by atoms with Crippen LogP contribution in [0, 0.1) is 13.8 Å². The number of carbonyl (C=O) groups excluding carboxylic acids is 3. The quantitative estimate of drug-likeness (QED) is 0.148. The van der Waals surface area contributed by atoms with Crippen LogP contribution in [0.5, 0.6) is 0 Å². The summed E-state index contributed by atoms with van der Waals surface area (Å²) < 4.78 is 25.0. The molecule has 62 heavy (non-hydrogen) atoms. The molecule has 0 bridgehead atoms. The second-order valence-corrected chi connectivity index (χ2v) is 17.7. The third-order valence-electron chi connectivity index (χ3n) is 12.9. The maximum Gasteiger partial charge on any atom is 0.328 e. The summed E-state index contributed by atoms with van der Waals surface area (Å²) >= 11 is 6.82. The molecule has 4 aliphatic heterocycles. The minimum absolute atomic E-state index is 0.149. The number of fused-ring (bicyclic) bond motifs is 1. The highest BCUT2D eigenvalue weighted by atomic mass is 35.5. The van der Waals surface area contributed by atoms with Crippen LogP contribution in [0.15, 0.2) is 78.5 Å². The molecule has 0 spiro atoms. The molecule has 7 N–H and O–H groups in total. The number of rotatable bonds is 9. The molecule has 8 rings (SSSR count). The molecule has 4 amide bonds. The van der Waals surface area contributed by atoms with Gasteiger partial charge in [-0.15, -0.1) is 0 Å². The van der Waals surface area contributed by atoms with E-state index in [-0.39, 0.29) is 55.1 Å². The van der Waals surface area contributed by atoms with E-state index in [1.807, 2.05) is 63.2 Å². The number of imide groups is 1. The van der Waals surface area contributed by atoms with E-state index in [2.05, 4.69) is 25.9 Å². The molecule has 4 saturated heterocycles. The normalized spacial score (nSPS) is 21.6. The van der Waals surface area contributed by atoms with Crippen molar-refractivity contribution in [1.29, 1.82) is 0 Å². The van der Waals surface area contributed by atoms with Crippen molar-refractivity contribution >= 4 is 51.9 Å². The van der Waals surface area contributed by atoms with E-state index >= 15 is 4.39 Å². The van der Waals surface area contributed by atoms with E-state index in [9.17, 15) is 14.4 Å². The molecule has 328 valence electrons. The lowest BCUT2D eigenvalue weighted by molar-refractivity contribution is -0.120. The number of hydrogen-bond donors (Lipinski definition) is 4. The number of aromatic nitrogens is 2. The van der Waals surface area contributed by atoms with Crippen molar-refractivity contribution in [3.05, 3.63) is 111 Å². The van der Waals surface area contributed by atoms with Crippen LogP contribution in [-0.2, 0) is 9.53 Å². The number of piperidine rings is 2. The van der Waals surface area contributed by atoms with Crippen molar-refractivity contribution in [1.82, 2.24) is 29.6 Å². The first-order valence-corrected chi connectivity index (χ1v) is 21.8. The number of ether oxygens (including phenoxy) is 1. The third kappa shape index (κ3) is 8.97. The Hall–Kier alpha value is -5.64. The molecular weight excluding hydrogens is 811 g/mol. The van der Waals surface area contributed by atoms with Gasteiger partial charge in [-0.3, -0.25) is 19.8 Å². The number of nitrogens with one attached hydrogen (secondary N) is 1. The molecule has 4 aromatic rings. The molecule has 6 heterocycles. The highest BCUT2D eigenvalue weighted by Crippen LogP contribution is 2.36. The molecule has 0 aliphatic carbocycles. The zero-order chi connectivity index (χ0) is 43.9. The predicted octanol–water partition coefficient (Wildman–Crippen LogP) is 5.88. The maximum atomic E-state index is 16.4. The number of pyridine rings is 1. The van der Waals surface area contributed by atoms with Gasteiger partial charge in [0.1, 0.15) is 23.2 Å². The van der Waals surface area contributed by atoms with E-state index < -0.39 is 11.7 Å². The van der Waals surface area contributed by atoms with Crippen LogP contribution in [0.4, 0.5) is 14.9 Å². The van der Waals surface area contributed by atoms with Gasteiger partial charge in [-0.1, -0.05) is 41.9 Å². The molecule has 14 nitrogen and oxygen atoms in total. The lowest BCUT2D eigenvalue weighted by Gasteiger charge is -2.41. The number of nitrogens with two attached hydrogens (primary N) is 3. The molecule has 0 saturated carbocycles. The first-order chi connectivity index (χ1) is 29.7. The molecule has 4 aliphatic rings. The maximum absolute atomic E-state index is 16.4. The van der Waals surface area contributed by atoms with E-state index in [4.69, 9.17) is 38.5 Å². The van der Waals surface area contributed by atoms with E-state index in [1.54, 1.807) is 28.1 Å². The first kappa shape index (κ1) is 43.0. The summed E-state index contributed by atoms with van der Waals surface area (Å²) in [5.74, 6) is -0.342. The van der Waals surface area contributed by atoms with Crippen LogP contribution >= 0.6 is 11.6 Å². The van der Waals surface area contributed by atoms with Gasteiger partial charge in [0.15, 0.2) is 0 Å². The fourth-order valence-electron chi connectivity index (χ4n) is 9.43. The number of likely N-dealkylation sites (tertiary alicyclic amines) is 2. The van der Waals surface area contributed by atoms with Crippen LogP contribution in [0.2, 0.25) is 5.02 Å². The number of halogens is 2. The summed E-state index contributed by atoms with van der Waals surface area (Å²) in [4.78, 5) is 50.1. The SMILES string of the molecule is Cc1ccccc1/C(N)=C/C(=C(N)N)N1CC(C)OC(c2ccc(C(=O)N3CCC(F)(CN4CCC(n5cc(C)c6cc(N7CCC(=O)NC7=O)cnc65)CC4)CC3)c(Cl)c2)C1. The Kier molecular flexibility index (Phi) is 12.2. The number of carbonyl (C=O) groups is 3. The van der Waals surface area contributed by atoms with Crippen molar-refractivity contribution in [2.24, 2.45) is 17.2 Å². The molecule has 2 atom stereocenters. The number of allylic oxidation sites excluding steroid dienone is 1. The minimum atomic E-state index is -1.40. The highest BCUT2D eigenvalue weighted by molar-refractivity contribution is 6.33. The first-order valence-electron chi connectivity index (χ1n) is 21.4. The third-order valence-corrected chi connectivity index (χ3v) is 13.2. The van der Waals surface area contributed by atoms with E-state index in [1.165, 1.54) is 0 Å². The summed E-state index contributed by atoms with van der Waals surface area (Å²) in [5.41, 5.74) is 24.4. The Morgan fingerprint density at radius 2 is 1.71 bits per heavy atom. The van der Waals surface area contributed by atoms with Crippen LogP contribution < -0.4 is 27.4 Å². The number of amides is 4. The molecule has 16 heteroatoms. The zero-order valence-corrected chi connectivity index (χ0v) is 36.3. The molecular formula is C46H56ClFN10O4. The van der Waals surface area contributed by atoms with E-state index in [0.29, 0.717) is 66.9 Å². The van der Waals surface area contributed by atoms with Crippen LogP contribution in [0.3, 0.4) is 0 Å². The number of morpholine rings is 1. The topological polar surface area (TPSA) is 181 Å². The average molecular weight is 867 g/mol. The van der Waals surface area contributed by atoms with Gasteiger partial charge in [-0.2, -0.15) is 0 Å². The van der Waals surface area contributed by atoms with Crippen molar-refractivity contribution in [3.8, 4) is 0 Å². The summed E-state index contributed by atoms with van der Waals surface area (Å²) in [5, 5.41) is 3.65. The molecule has 2 unspecified atom stereocenters. The van der Waals surface area contributed by atoms with Gasteiger partial charge < -0.3 is 41.2 Å². The molecule has 2 aromatic carbocycles. The van der Waals surface area contributed by atoms with Gasteiger partial charge in [-0.25, -0.2) is 14.2 Å². The Morgan fingerprint density at radius 3 is 2.40 bits per heavy atom. The van der Waals surface area contributed by atoms with Crippen LogP contribution in [0.1, 0.15) is 83.8 Å². The molecule has 4 fully saturated rings. The van der Waals surface area contributed by atoms with Gasteiger partial charge in [0.25, 0.3) is 5.91 Å². The van der Waals surface area contributed by atoms with Crippen molar-refractivity contribution < 1.29 is 23.5 Å². The number of benzene rings is 2. The monoisotopic (exact) mass is 866 g/mol. The predicted molar refractivity (Wildman–Crippen MR) is 239 cm³/mol. The highest BCUT2D eigenvalue weighted by Gasteiger charge is 2.39. The summed E-state index contributed by atoms with van der Waals surface area (Å²) in [6.07, 6.45) is 7.50. The van der Waals surface area contributed by atoms with Gasteiger partial charge in [0.2, 0.25) is 5.91 Å². The Morgan fingerprint density at radius 1 is 0.968 bits per heavy atom. The number of nitrogens with zero attached hydrogens (tertiary/aromatic N) is 6. The van der Waals surface area contributed by atoms with Crippen molar-refractivity contribution in [3.63, 3.8) is 0 Å². The summed E-state index contributed by atoms with van der Waals surface area (Å²) in [6.45, 7) is 9.73. The lowest BCUT2D eigenvalue weighted by Crippen LogP contribution is -2.51. The minimum Gasteiger partial charge on any atom is -0.398 e. The zero-order valence-electron chi connectivity index (χ0n) is 35.6. The summed E-state index contributed by atoms with van der Waals surface area (Å²) in [6, 6.07) is 15.0. The molecule has 0 radical (unpaired) electrons. The largest absolute Gasteiger partial charge is 0.398 e. The number of hydrogen-bond acceptors (Lipinski definition) is 10. The fraction of sp³-hybridized carbons (Fsp3) is 0.435. The Bertz CT molecular complexity index is 2430. The van der Waals surface area contributed by atoms with Crippen molar-refractivity contribution in [2.45, 2.75) is 76.8 Å². The number of anilines is 1. The van der Waals surface area contributed by atoms with Crippen LogP contribution in [0.25, 0.3) is 16.7 Å². The average Bonchev–Trinajstić information content (AvgIpc) is 3.57. The van der Waals surface area contributed by atoms with Gasteiger partial charge in [-0.05, 0) is 74.6 Å². The van der Waals surface area contributed by atoms with Gasteiger partial charge in [0, 0.05) is 101 Å². The molecule has 2 aromatic heterocycles. The standard InChI is InChI=1S/C46H56ClFN10O4/c1-28-6-4-5-7-34(28)38(49)22-39(42(50)51)56-25-30(3)62-40(26-56)31-8-9-35(37(47)20-31)44(60)55-18-13-46(48,14-19-55)27-54-15-10-32(11-16-54)58-24-29(2)36-21-33(23-52-43(36)58)57-17-12-41(59)53-45(57)61/h4-9,20-24,30,32,40H,10-19,25-27,49-51H2,1-3H3,(H,53,59,61)/b38-22-.